The van der Waals surface area contributed by atoms with E-state index >= 15 is 0 Å². The van der Waals surface area contributed by atoms with Gasteiger partial charge in [-0.1, -0.05) is 91.0 Å². The molecule has 0 aromatic heterocycles. The van der Waals surface area contributed by atoms with E-state index in [0.29, 0.717) is 12.4 Å². The number of hydrogen-bond donors (Lipinski definition) is 2. The van der Waals surface area contributed by atoms with Crippen molar-refractivity contribution >= 4 is 12.1 Å². The summed E-state index contributed by atoms with van der Waals surface area (Å²) in [5.41, 5.74) is 4.71. The van der Waals surface area contributed by atoms with Crippen LogP contribution in [0.2, 0.25) is 0 Å². The molecule has 1 aliphatic carbocycles. The van der Waals surface area contributed by atoms with Crippen LogP contribution in [-0.2, 0) is 22.6 Å². The van der Waals surface area contributed by atoms with Crippen LogP contribution in [0.5, 0.6) is 5.75 Å². The summed E-state index contributed by atoms with van der Waals surface area (Å²) in [4.78, 5) is 25.0. The molecule has 0 aliphatic heterocycles. The van der Waals surface area contributed by atoms with Crippen LogP contribution in [0.1, 0.15) is 35.1 Å². The topological polar surface area (TPSA) is 84.9 Å². The first-order valence-corrected chi connectivity index (χ1v) is 12.6. The molecular formula is C32H29NO5. The third-order valence-corrected chi connectivity index (χ3v) is 6.92. The summed E-state index contributed by atoms with van der Waals surface area (Å²) in [5, 5.41) is 12.5. The largest absolute Gasteiger partial charge is 0.489 e. The smallest absolute Gasteiger partial charge is 0.408 e. The molecule has 6 heteroatoms. The summed E-state index contributed by atoms with van der Waals surface area (Å²) in [5.74, 6) is -0.567. The predicted octanol–water partition coefficient (Wildman–Crippen LogP) is 6.19. The van der Waals surface area contributed by atoms with Gasteiger partial charge in [-0.3, -0.25) is 0 Å². The molecule has 0 radical (unpaired) electrons. The van der Waals surface area contributed by atoms with Gasteiger partial charge in [-0.15, -0.1) is 0 Å². The molecule has 0 unspecified atom stereocenters. The standard InChI is InChI=1S/C32H29NO5/c1-32(30(34)35,19-22-15-17-24(18-16-22)37-20-23-9-3-2-4-10-23)33-31(36)38-21-29-27-13-7-5-11-25(27)26-12-6-8-14-28(26)29/h2-18,29H,19-21H2,1H3,(H,33,36)(H,34,35)/t32-/m0/s1. The van der Waals surface area contributed by atoms with Crippen LogP contribution in [0.4, 0.5) is 4.79 Å². The molecule has 6 nitrogen and oxygen atoms in total. The van der Waals surface area contributed by atoms with Crippen molar-refractivity contribution in [1.29, 1.82) is 0 Å². The number of carboxylic acid groups (broad SMARTS) is 1. The lowest BCUT2D eigenvalue weighted by Gasteiger charge is -2.26. The maximum Gasteiger partial charge on any atom is 0.408 e. The molecule has 0 saturated heterocycles. The lowest BCUT2D eigenvalue weighted by Crippen LogP contribution is -2.54. The molecular weight excluding hydrogens is 478 g/mol. The number of hydrogen-bond acceptors (Lipinski definition) is 4. The van der Waals surface area contributed by atoms with Gasteiger partial charge in [-0.2, -0.15) is 0 Å². The first-order valence-electron chi connectivity index (χ1n) is 12.6. The quantitative estimate of drug-likeness (QED) is 0.282. The van der Waals surface area contributed by atoms with E-state index in [1.807, 2.05) is 66.7 Å². The Bertz CT molecular complexity index is 1390. The highest BCUT2D eigenvalue weighted by molar-refractivity contribution is 5.84. The Morgan fingerprint density at radius 3 is 1.97 bits per heavy atom. The maximum absolute atomic E-state index is 12.8. The molecule has 0 saturated carbocycles. The number of aliphatic carboxylic acids is 1. The van der Waals surface area contributed by atoms with Gasteiger partial charge in [0.25, 0.3) is 0 Å². The van der Waals surface area contributed by atoms with Gasteiger partial charge in [-0.25, -0.2) is 9.59 Å². The Morgan fingerprint density at radius 2 is 1.37 bits per heavy atom. The number of carbonyl (C=O) groups excluding carboxylic acids is 1. The van der Waals surface area contributed by atoms with Gasteiger partial charge in [0.15, 0.2) is 0 Å². The van der Waals surface area contributed by atoms with E-state index in [2.05, 4.69) is 17.4 Å². The minimum atomic E-state index is -1.55. The van der Waals surface area contributed by atoms with Gasteiger partial charge in [0.1, 0.15) is 24.5 Å². The number of amides is 1. The lowest BCUT2D eigenvalue weighted by atomic mass is 9.93. The van der Waals surface area contributed by atoms with E-state index < -0.39 is 17.6 Å². The zero-order valence-electron chi connectivity index (χ0n) is 21.1. The second kappa shape index (κ2) is 10.8. The molecule has 4 aromatic rings. The molecule has 1 amide bonds. The summed E-state index contributed by atoms with van der Waals surface area (Å²) in [6, 6.07) is 33.2. The number of benzene rings is 4. The fourth-order valence-corrected chi connectivity index (χ4v) is 4.89. The zero-order valence-corrected chi connectivity index (χ0v) is 21.1. The second-order valence-corrected chi connectivity index (χ2v) is 9.68. The SMILES string of the molecule is C[C@@](Cc1ccc(OCc2ccccc2)cc1)(NC(=O)OCC1c2ccccc2-c2ccccc21)C(=O)O. The molecule has 0 fully saturated rings. The number of carboxylic acids is 1. The minimum Gasteiger partial charge on any atom is -0.489 e. The van der Waals surface area contributed by atoms with Crippen molar-refractivity contribution in [1.82, 2.24) is 5.32 Å². The first-order chi connectivity index (χ1) is 18.4. The van der Waals surface area contributed by atoms with Crippen LogP contribution in [-0.4, -0.2) is 29.3 Å². The fraction of sp³-hybridized carbons (Fsp3) is 0.188. The monoisotopic (exact) mass is 507 g/mol. The zero-order chi connectivity index (χ0) is 26.5. The van der Waals surface area contributed by atoms with Crippen LogP contribution in [0.25, 0.3) is 11.1 Å². The first kappa shape index (κ1) is 25.1. The van der Waals surface area contributed by atoms with Crippen molar-refractivity contribution in [3.05, 3.63) is 125 Å². The van der Waals surface area contributed by atoms with Gasteiger partial charge in [0, 0.05) is 12.3 Å². The van der Waals surface area contributed by atoms with Crippen LogP contribution in [0, 0.1) is 0 Å². The predicted molar refractivity (Wildman–Crippen MR) is 145 cm³/mol. The molecule has 5 rings (SSSR count). The molecule has 38 heavy (non-hydrogen) atoms. The van der Waals surface area contributed by atoms with E-state index in [1.165, 1.54) is 6.92 Å². The molecule has 192 valence electrons. The van der Waals surface area contributed by atoms with Gasteiger partial charge in [0.05, 0.1) is 0 Å². The van der Waals surface area contributed by atoms with E-state index in [9.17, 15) is 14.7 Å². The molecule has 0 bridgehead atoms. The number of carbonyl (C=O) groups is 2. The highest BCUT2D eigenvalue weighted by atomic mass is 16.5. The molecule has 4 aromatic carbocycles. The normalized spacial score (nSPS) is 13.6. The summed E-state index contributed by atoms with van der Waals surface area (Å²) < 4.78 is 11.4. The van der Waals surface area contributed by atoms with E-state index in [4.69, 9.17) is 9.47 Å². The Morgan fingerprint density at radius 1 is 0.789 bits per heavy atom. The average molecular weight is 508 g/mol. The van der Waals surface area contributed by atoms with Crippen LogP contribution >= 0.6 is 0 Å². The number of fused-ring (bicyclic) bond motifs is 3. The van der Waals surface area contributed by atoms with E-state index in [1.54, 1.807) is 24.3 Å². The highest BCUT2D eigenvalue weighted by Gasteiger charge is 2.36. The lowest BCUT2D eigenvalue weighted by molar-refractivity contribution is -0.143. The summed E-state index contributed by atoms with van der Waals surface area (Å²) >= 11 is 0. The van der Waals surface area contributed by atoms with Crippen molar-refractivity contribution in [3.8, 4) is 16.9 Å². The van der Waals surface area contributed by atoms with Crippen LogP contribution in [0.3, 0.4) is 0 Å². The van der Waals surface area contributed by atoms with Crippen molar-refractivity contribution in [2.75, 3.05) is 6.61 Å². The van der Waals surface area contributed by atoms with Crippen molar-refractivity contribution in [2.45, 2.75) is 31.4 Å². The maximum atomic E-state index is 12.8. The third kappa shape index (κ3) is 5.39. The van der Waals surface area contributed by atoms with E-state index in [-0.39, 0.29) is 18.9 Å². The van der Waals surface area contributed by atoms with Gasteiger partial charge in [-0.05, 0) is 52.4 Å². The summed E-state index contributed by atoms with van der Waals surface area (Å²) in [7, 11) is 0. The Balaban J connectivity index is 1.21. The third-order valence-electron chi connectivity index (χ3n) is 6.92. The minimum absolute atomic E-state index is 0.0888. The molecule has 0 heterocycles. The average Bonchev–Trinajstić information content (AvgIpc) is 3.25. The van der Waals surface area contributed by atoms with Gasteiger partial charge in [0.2, 0.25) is 0 Å². The second-order valence-electron chi connectivity index (χ2n) is 9.68. The summed E-state index contributed by atoms with van der Waals surface area (Å²) in [6.07, 6.45) is -0.675. The molecule has 1 atom stereocenters. The number of alkyl carbamates (subject to hydrolysis) is 1. The van der Waals surface area contributed by atoms with Gasteiger partial charge >= 0.3 is 12.1 Å². The number of ether oxygens (including phenoxy) is 2. The van der Waals surface area contributed by atoms with E-state index in [0.717, 1.165) is 33.4 Å². The Kier molecular flexibility index (Phi) is 7.13. The molecule has 1 aliphatic rings. The van der Waals surface area contributed by atoms with Crippen molar-refractivity contribution in [2.24, 2.45) is 0 Å². The number of nitrogens with one attached hydrogen (secondary N) is 1. The van der Waals surface area contributed by atoms with Crippen molar-refractivity contribution < 1.29 is 24.2 Å². The van der Waals surface area contributed by atoms with Gasteiger partial charge < -0.3 is 19.9 Å². The van der Waals surface area contributed by atoms with Crippen molar-refractivity contribution in [3.63, 3.8) is 0 Å². The summed E-state index contributed by atoms with van der Waals surface area (Å²) in [6.45, 7) is 2.04. The van der Waals surface area contributed by atoms with Crippen LogP contribution < -0.4 is 10.1 Å². The molecule has 0 spiro atoms. The highest BCUT2D eigenvalue weighted by Crippen LogP contribution is 2.44. The number of rotatable bonds is 9. The van der Waals surface area contributed by atoms with Crippen LogP contribution in [0.15, 0.2) is 103 Å². The molecule has 2 N–H and O–H groups in total. The fourth-order valence-electron chi connectivity index (χ4n) is 4.89. The Labute approximate surface area is 221 Å². The Hall–Kier alpha value is -4.58.